The number of nitrogens with one attached hydrogen (secondary N) is 2. The summed E-state index contributed by atoms with van der Waals surface area (Å²) in [6.07, 6.45) is 3.90. The van der Waals surface area contributed by atoms with E-state index in [-0.39, 0.29) is 23.8 Å². The lowest BCUT2D eigenvalue weighted by Crippen LogP contribution is -2.36. The smallest absolute Gasteiger partial charge is 0.258 e. The second-order valence-corrected chi connectivity index (χ2v) is 8.78. The summed E-state index contributed by atoms with van der Waals surface area (Å²) in [5, 5.41) is 5.59. The highest BCUT2D eigenvalue weighted by atomic mass is 16.5. The number of carbonyl (C=O) groups excluding carboxylic acids is 2. The molecular weight excluding hydrogens is 402 g/mol. The van der Waals surface area contributed by atoms with Crippen LogP contribution < -0.4 is 15.4 Å². The first-order chi connectivity index (χ1) is 15.2. The van der Waals surface area contributed by atoms with Gasteiger partial charge in [0, 0.05) is 36.7 Å². The molecule has 0 bridgehead atoms. The number of rotatable bonds is 8. The van der Waals surface area contributed by atoms with Crippen LogP contribution in [0.15, 0.2) is 67.0 Å². The molecule has 3 aromatic rings. The maximum atomic E-state index is 12.3. The fourth-order valence-electron chi connectivity index (χ4n) is 3.32. The summed E-state index contributed by atoms with van der Waals surface area (Å²) >= 11 is 0. The lowest BCUT2D eigenvalue weighted by Gasteiger charge is -2.23. The van der Waals surface area contributed by atoms with E-state index in [1.807, 2.05) is 60.3 Å². The second kappa shape index (κ2) is 10.2. The van der Waals surface area contributed by atoms with Gasteiger partial charge in [0.25, 0.3) is 11.8 Å². The molecule has 0 saturated carbocycles. The summed E-state index contributed by atoms with van der Waals surface area (Å²) in [5.41, 5.74) is 3.70. The molecule has 0 atom stereocenters. The molecule has 2 N–H and O–H groups in total. The predicted octanol–water partition coefficient (Wildman–Crippen LogP) is 4.01. The standard InChI is InChI=1S/C26H31N3O3/c1-19-7-12-23(22(17-19)26(2,3)4)32-18-24(30)27-13-14-28-25(31)20-8-10-21(11-9-20)29-15-5-6-16-29/h5-12,15-17H,13-14,18H2,1-4H3,(H,27,30)(H,28,31). The van der Waals surface area contributed by atoms with Gasteiger partial charge in [0.1, 0.15) is 5.75 Å². The van der Waals surface area contributed by atoms with Crippen LogP contribution in [0.1, 0.15) is 42.3 Å². The Morgan fingerprint density at radius 1 is 0.938 bits per heavy atom. The lowest BCUT2D eigenvalue weighted by atomic mass is 9.85. The van der Waals surface area contributed by atoms with E-state index in [4.69, 9.17) is 4.74 Å². The minimum Gasteiger partial charge on any atom is -0.483 e. The van der Waals surface area contributed by atoms with Crippen LogP contribution in [-0.4, -0.2) is 36.1 Å². The Balaban J connectivity index is 1.41. The van der Waals surface area contributed by atoms with Gasteiger partial charge in [0.2, 0.25) is 0 Å². The Labute approximate surface area is 189 Å². The van der Waals surface area contributed by atoms with Gasteiger partial charge >= 0.3 is 0 Å². The SMILES string of the molecule is Cc1ccc(OCC(=O)NCCNC(=O)c2ccc(-n3cccc3)cc2)c(C(C)(C)C)c1. The fraction of sp³-hybridized carbons (Fsp3) is 0.308. The van der Waals surface area contributed by atoms with Crippen molar-refractivity contribution < 1.29 is 14.3 Å². The van der Waals surface area contributed by atoms with Crippen molar-refractivity contribution >= 4 is 11.8 Å². The summed E-state index contributed by atoms with van der Waals surface area (Å²) < 4.78 is 7.74. The Hall–Kier alpha value is -3.54. The van der Waals surface area contributed by atoms with E-state index in [1.54, 1.807) is 12.1 Å². The van der Waals surface area contributed by atoms with Crippen molar-refractivity contribution in [3.05, 3.63) is 83.7 Å². The third-order valence-electron chi connectivity index (χ3n) is 5.07. The highest BCUT2D eigenvalue weighted by Crippen LogP contribution is 2.32. The quantitative estimate of drug-likeness (QED) is 0.527. The minimum absolute atomic E-state index is 0.0685. The Kier molecular flexibility index (Phi) is 7.36. The molecular formula is C26H31N3O3. The number of hydrogen-bond acceptors (Lipinski definition) is 3. The molecule has 0 aliphatic carbocycles. The Bertz CT molecular complexity index is 1050. The minimum atomic E-state index is -0.226. The van der Waals surface area contributed by atoms with Crippen LogP contribution in [0.25, 0.3) is 5.69 Å². The summed E-state index contributed by atoms with van der Waals surface area (Å²) in [5.74, 6) is 0.315. The second-order valence-electron chi connectivity index (χ2n) is 8.78. The Morgan fingerprint density at radius 2 is 1.59 bits per heavy atom. The number of hydrogen-bond donors (Lipinski definition) is 2. The number of aromatic nitrogens is 1. The van der Waals surface area contributed by atoms with E-state index in [2.05, 4.69) is 37.5 Å². The van der Waals surface area contributed by atoms with Gasteiger partial charge in [0.15, 0.2) is 6.61 Å². The molecule has 0 fully saturated rings. The van der Waals surface area contributed by atoms with Crippen LogP contribution in [0.4, 0.5) is 0 Å². The number of aryl methyl sites for hydroxylation is 1. The van der Waals surface area contributed by atoms with E-state index < -0.39 is 0 Å². The van der Waals surface area contributed by atoms with E-state index >= 15 is 0 Å². The zero-order chi connectivity index (χ0) is 23.1. The third-order valence-corrected chi connectivity index (χ3v) is 5.07. The molecule has 6 nitrogen and oxygen atoms in total. The molecule has 2 aromatic carbocycles. The first kappa shape index (κ1) is 23.1. The average molecular weight is 434 g/mol. The monoisotopic (exact) mass is 433 g/mol. The largest absolute Gasteiger partial charge is 0.483 e. The van der Waals surface area contributed by atoms with Gasteiger partial charge in [-0.15, -0.1) is 0 Å². The van der Waals surface area contributed by atoms with E-state index in [9.17, 15) is 9.59 Å². The van der Waals surface area contributed by atoms with Gasteiger partial charge < -0.3 is 19.9 Å². The topological polar surface area (TPSA) is 72.4 Å². The molecule has 32 heavy (non-hydrogen) atoms. The van der Waals surface area contributed by atoms with Crippen molar-refractivity contribution in [2.75, 3.05) is 19.7 Å². The molecule has 0 saturated heterocycles. The van der Waals surface area contributed by atoms with Crippen molar-refractivity contribution in [3.8, 4) is 11.4 Å². The molecule has 6 heteroatoms. The van der Waals surface area contributed by atoms with Gasteiger partial charge in [-0.25, -0.2) is 0 Å². The molecule has 1 aromatic heterocycles. The number of amides is 2. The number of ether oxygens (including phenoxy) is 1. The van der Waals surface area contributed by atoms with Crippen molar-refractivity contribution in [2.24, 2.45) is 0 Å². The zero-order valence-electron chi connectivity index (χ0n) is 19.1. The van der Waals surface area contributed by atoms with E-state index in [0.717, 1.165) is 22.6 Å². The first-order valence-electron chi connectivity index (χ1n) is 10.8. The van der Waals surface area contributed by atoms with Crippen molar-refractivity contribution in [1.82, 2.24) is 15.2 Å². The van der Waals surface area contributed by atoms with Crippen LogP contribution in [0.5, 0.6) is 5.75 Å². The molecule has 0 radical (unpaired) electrons. The van der Waals surface area contributed by atoms with Crippen LogP contribution in [0.3, 0.4) is 0 Å². The maximum absolute atomic E-state index is 12.3. The molecule has 3 rings (SSSR count). The average Bonchev–Trinajstić information content (AvgIpc) is 3.30. The maximum Gasteiger partial charge on any atom is 0.258 e. The van der Waals surface area contributed by atoms with Gasteiger partial charge in [-0.1, -0.05) is 38.5 Å². The van der Waals surface area contributed by atoms with Gasteiger partial charge in [-0.05, 0) is 60.4 Å². The van der Waals surface area contributed by atoms with Crippen LogP contribution in [0.2, 0.25) is 0 Å². The summed E-state index contributed by atoms with van der Waals surface area (Å²) in [4.78, 5) is 24.5. The molecule has 1 heterocycles. The first-order valence-corrected chi connectivity index (χ1v) is 10.8. The Morgan fingerprint density at radius 3 is 2.25 bits per heavy atom. The highest BCUT2D eigenvalue weighted by molar-refractivity contribution is 5.94. The van der Waals surface area contributed by atoms with Crippen molar-refractivity contribution in [3.63, 3.8) is 0 Å². The van der Waals surface area contributed by atoms with Gasteiger partial charge in [-0.2, -0.15) is 0 Å². The lowest BCUT2D eigenvalue weighted by molar-refractivity contribution is -0.123. The van der Waals surface area contributed by atoms with Gasteiger partial charge in [0.05, 0.1) is 0 Å². The number of nitrogens with zero attached hydrogens (tertiary/aromatic N) is 1. The number of carbonyl (C=O) groups is 2. The van der Waals surface area contributed by atoms with Crippen molar-refractivity contribution in [1.29, 1.82) is 0 Å². The normalized spacial score (nSPS) is 11.1. The van der Waals surface area contributed by atoms with Crippen LogP contribution in [0, 0.1) is 6.92 Å². The zero-order valence-corrected chi connectivity index (χ0v) is 19.1. The molecule has 0 aliphatic heterocycles. The fourth-order valence-corrected chi connectivity index (χ4v) is 3.32. The predicted molar refractivity (Wildman–Crippen MR) is 126 cm³/mol. The molecule has 2 amide bonds. The van der Waals surface area contributed by atoms with E-state index in [0.29, 0.717) is 18.7 Å². The molecule has 0 aliphatic rings. The summed E-state index contributed by atoms with van der Waals surface area (Å²) in [6.45, 7) is 8.98. The molecule has 0 spiro atoms. The van der Waals surface area contributed by atoms with E-state index in [1.165, 1.54) is 0 Å². The highest BCUT2D eigenvalue weighted by Gasteiger charge is 2.19. The van der Waals surface area contributed by atoms with Gasteiger partial charge in [-0.3, -0.25) is 9.59 Å². The van der Waals surface area contributed by atoms with Crippen LogP contribution in [-0.2, 0) is 10.2 Å². The third kappa shape index (κ3) is 6.23. The van der Waals surface area contributed by atoms with Crippen molar-refractivity contribution in [2.45, 2.75) is 33.1 Å². The summed E-state index contributed by atoms with van der Waals surface area (Å²) in [6, 6.07) is 17.2. The molecule has 168 valence electrons. The molecule has 0 unspecified atom stereocenters. The van der Waals surface area contributed by atoms with Crippen LogP contribution >= 0.6 is 0 Å². The number of benzene rings is 2. The summed E-state index contributed by atoms with van der Waals surface area (Å²) in [7, 11) is 0.